The molecule has 2 aromatic heterocycles. The molecule has 2 rings (SSSR count). The molecule has 1 N–H and O–H groups in total. The van der Waals surface area contributed by atoms with Crippen molar-refractivity contribution in [2.45, 2.75) is 0 Å². The fourth-order valence-corrected chi connectivity index (χ4v) is 1.11. The summed E-state index contributed by atoms with van der Waals surface area (Å²) < 4.78 is 0.881. The number of halogens is 1. The summed E-state index contributed by atoms with van der Waals surface area (Å²) in [7, 11) is 0. The third kappa shape index (κ3) is 0.859. The zero-order chi connectivity index (χ0) is 6.97. The maximum absolute atomic E-state index is 4.17. The van der Waals surface area contributed by atoms with Gasteiger partial charge in [0.25, 0.3) is 0 Å². The molecule has 0 spiro atoms. The predicted octanol–water partition coefficient (Wildman–Crippen LogP) is 0.957. The molecule has 0 aliphatic rings. The van der Waals surface area contributed by atoms with Gasteiger partial charge in [0.2, 0.25) is 0 Å². The first kappa shape index (κ1) is 6.02. The van der Waals surface area contributed by atoms with Gasteiger partial charge in [-0.3, -0.25) is 5.10 Å². The Kier molecular flexibility index (Phi) is 1.30. The maximum Gasteiger partial charge on any atom is 0.174 e. The van der Waals surface area contributed by atoms with Crippen LogP contribution in [0.2, 0.25) is 0 Å². The van der Waals surface area contributed by atoms with Crippen LogP contribution < -0.4 is 0 Å². The van der Waals surface area contributed by atoms with E-state index in [0.717, 1.165) is 14.9 Å². The van der Waals surface area contributed by atoms with E-state index in [-0.39, 0.29) is 0 Å². The van der Waals surface area contributed by atoms with Crippen molar-refractivity contribution in [1.29, 1.82) is 0 Å². The van der Waals surface area contributed by atoms with Crippen LogP contribution >= 0.6 is 22.6 Å². The average molecular weight is 246 g/mol. The van der Waals surface area contributed by atoms with Crippen molar-refractivity contribution in [2.75, 3.05) is 0 Å². The highest BCUT2D eigenvalue weighted by Crippen LogP contribution is 2.05. The van der Waals surface area contributed by atoms with Gasteiger partial charge in [-0.25, -0.2) is 9.97 Å². The van der Waals surface area contributed by atoms with Crippen molar-refractivity contribution in [2.24, 2.45) is 0 Å². The van der Waals surface area contributed by atoms with Gasteiger partial charge >= 0.3 is 0 Å². The molecular weight excluding hydrogens is 243 g/mol. The van der Waals surface area contributed by atoms with E-state index in [9.17, 15) is 0 Å². The Morgan fingerprint density at radius 3 is 3.20 bits per heavy atom. The number of aromatic nitrogens is 4. The number of nitrogens with zero attached hydrogens (tertiary/aromatic N) is 3. The van der Waals surface area contributed by atoms with Crippen molar-refractivity contribution in [3.05, 3.63) is 16.1 Å². The lowest BCUT2D eigenvalue weighted by molar-refractivity contribution is 1.09. The number of aromatic amines is 1. The number of rotatable bonds is 0. The molecule has 0 aliphatic carbocycles. The summed E-state index contributed by atoms with van der Waals surface area (Å²) in [6, 6.07) is 0. The summed E-state index contributed by atoms with van der Waals surface area (Å²) in [5, 5.41) is 6.51. The van der Waals surface area contributed by atoms with E-state index in [0.29, 0.717) is 0 Å². The van der Waals surface area contributed by atoms with Gasteiger partial charge in [0, 0.05) is 0 Å². The Bertz CT molecular complexity index is 355. The second-order valence-corrected chi connectivity index (χ2v) is 2.90. The molecule has 0 saturated heterocycles. The van der Waals surface area contributed by atoms with Crippen molar-refractivity contribution >= 4 is 33.8 Å². The highest BCUT2D eigenvalue weighted by Gasteiger charge is 1.96. The quantitative estimate of drug-likeness (QED) is 0.704. The fourth-order valence-electron chi connectivity index (χ4n) is 0.712. The zero-order valence-electron chi connectivity index (χ0n) is 4.87. The number of nitrogens with one attached hydrogen (secondary N) is 1. The molecule has 0 aliphatic heterocycles. The van der Waals surface area contributed by atoms with Crippen LogP contribution in [0.4, 0.5) is 0 Å². The summed E-state index contributed by atoms with van der Waals surface area (Å²) in [5.74, 6) is 0. The monoisotopic (exact) mass is 246 g/mol. The molecule has 50 valence electrons. The summed E-state index contributed by atoms with van der Waals surface area (Å²) in [6.07, 6.45) is 3.35. The van der Waals surface area contributed by atoms with Gasteiger partial charge in [-0.15, -0.1) is 0 Å². The fraction of sp³-hybridized carbons (Fsp3) is 0. The minimum Gasteiger partial charge on any atom is -0.259 e. The molecule has 10 heavy (non-hydrogen) atoms. The minimum atomic E-state index is 0.736. The van der Waals surface area contributed by atoms with E-state index in [2.05, 4.69) is 42.8 Å². The molecule has 0 fully saturated rings. The van der Waals surface area contributed by atoms with E-state index >= 15 is 0 Å². The number of hydrogen-bond acceptors (Lipinski definition) is 3. The first-order valence-corrected chi connectivity index (χ1v) is 3.76. The topological polar surface area (TPSA) is 54.5 Å². The van der Waals surface area contributed by atoms with E-state index in [1.165, 1.54) is 0 Å². The third-order valence-electron chi connectivity index (χ3n) is 1.13. The molecular formula is C5H3IN4. The summed E-state index contributed by atoms with van der Waals surface area (Å²) in [4.78, 5) is 8.22. The lowest BCUT2D eigenvalue weighted by atomic mass is 10.6. The van der Waals surface area contributed by atoms with Gasteiger partial charge in [-0.1, -0.05) is 0 Å². The second kappa shape index (κ2) is 2.15. The number of fused-ring (bicyclic) bond motifs is 1. The molecule has 2 heterocycles. The highest BCUT2D eigenvalue weighted by molar-refractivity contribution is 14.1. The smallest absolute Gasteiger partial charge is 0.174 e. The van der Waals surface area contributed by atoms with Crippen LogP contribution in [0.25, 0.3) is 11.2 Å². The normalized spacial score (nSPS) is 10.5. The van der Waals surface area contributed by atoms with Gasteiger partial charge in [0.15, 0.2) is 5.65 Å². The van der Waals surface area contributed by atoms with Crippen LogP contribution in [0.15, 0.2) is 12.4 Å². The van der Waals surface area contributed by atoms with E-state index in [1.807, 2.05) is 0 Å². The molecule has 0 atom stereocenters. The van der Waals surface area contributed by atoms with Gasteiger partial charge in [-0.2, -0.15) is 5.10 Å². The number of H-pyrrole nitrogens is 1. The summed E-state index contributed by atoms with van der Waals surface area (Å²) in [6.45, 7) is 0. The van der Waals surface area contributed by atoms with Crippen molar-refractivity contribution < 1.29 is 0 Å². The van der Waals surface area contributed by atoms with Gasteiger partial charge in [0.05, 0.1) is 12.4 Å². The lowest BCUT2D eigenvalue weighted by Crippen LogP contribution is -1.82. The maximum atomic E-state index is 4.17. The summed E-state index contributed by atoms with van der Waals surface area (Å²) in [5.41, 5.74) is 1.55. The third-order valence-corrected chi connectivity index (χ3v) is 1.65. The molecule has 0 radical (unpaired) electrons. The Morgan fingerprint density at radius 1 is 1.40 bits per heavy atom. The van der Waals surface area contributed by atoms with Gasteiger partial charge < -0.3 is 0 Å². The molecule has 0 amide bonds. The van der Waals surface area contributed by atoms with Crippen LogP contribution in [-0.2, 0) is 0 Å². The van der Waals surface area contributed by atoms with Crippen molar-refractivity contribution in [1.82, 2.24) is 20.2 Å². The predicted molar refractivity (Wildman–Crippen MR) is 44.4 cm³/mol. The van der Waals surface area contributed by atoms with Crippen LogP contribution in [-0.4, -0.2) is 20.2 Å². The molecule has 0 unspecified atom stereocenters. The summed E-state index contributed by atoms with van der Waals surface area (Å²) >= 11 is 2.11. The van der Waals surface area contributed by atoms with Gasteiger partial charge in [-0.05, 0) is 22.6 Å². The SMILES string of the molecule is Ic1cnc2[nH]ncc2n1. The molecule has 0 aromatic carbocycles. The molecule has 0 saturated carbocycles. The number of hydrogen-bond donors (Lipinski definition) is 1. The van der Waals surface area contributed by atoms with Gasteiger partial charge in [0.1, 0.15) is 9.22 Å². The molecule has 2 aromatic rings. The Labute approximate surface area is 70.2 Å². The van der Waals surface area contributed by atoms with Crippen LogP contribution in [0, 0.1) is 3.70 Å². The van der Waals surface area contributed by atoms with Crippen LogP contribution in [0.5, 0.6) is 0 Å². The van der Waals surface area contributed by atoms with Crippen molar-refractivity contribution in [3.8, 4) is 0 Å². The minimum absolute atomic E-state index is 0.736. The van der Waals surface area contributed by atoms with E-state index in [4.69, 9.17) is 0 Å². The zero-order valence-corrected chi connectivity index (χ0v) is 7.03. The molecule has 0 bridgehead atoms. The van der Waals surface area contributed by atoms with Crippen molar-refractivity contribution in [3.63, 3.8) is 0 Å². The second-order valence-electron chi connectivity index (χ2n) is 1.80. The first-order chi connectivity index (χ1) is 4.86. The Morgan fingerprint density at radius 2 is 2.30 bits per heavy atom. The largest absolute Gasteiger partial charge is 0.259 e. The molecule has 4 nitrogen and oxygen atoms in total. The van der Waals surface area contributed by atoms with Crippen LogP contribution in [0.1, 0.15) is 0 Å². The van der Waals surface area contributed by atoms with E-state index in [1.54, 1.807) is 12.4 Å². The highest BCUT2D eigenvalue weighted by atomic mass is 127. The van der Waals surface area contributed by atoms with E-state index < -0.39 is 0 Å². The molecule has 5 heteroatoms. The average Bonchev–Trinajstić information content (AvgIpc) is 2.33. The first-order valence-electron chi connectivity index (χ1n) is 2.68. The van der Waals surface area contributed by atoms with Crippen LogP contribution in [0.3, 0.4) is 0 Å². The lowest BCUT2D eigenvalue weighted by Gasteiger charge is -1.86. The Balaban J connectivity index is 2.86. The standard InChI is InChI=1S/C5H3IN4/c6-4-2-7-5-3(9-4)1-8-10-5/h1-2H,(H,7,8,10). The Hall–Kier alpha value is -0.720.